The van der Waals surface area contributed by atoms with Crippen LogP contribution in [0.1, 0.15) is 42.6 Å². The largest absolute Gasteiger partial charge is 0.490 e. The molecule has 0 unspecified atom stereocenters. The van der Waals surface area contributed by atoms with Gasteiger partial charge in [-0.1, -0.05) is 6.07 Å². The van der Waals surface area contributed by atoms with Crippen LogP contribution in [0.2, 0.25) is 0 Å². The predicted octanol–water partition coefficient (Wildman–Crippen LogP) is 3.83. The molecule has 0 aromatic heterocycles. The van der Waals surface area contributed by atoms with Crippen molar-refractivity contribution in [2.75, 3.05) is 31.6 Å². The molecule has 2 aromatic carbocycles. The molecular formula is C22H28N2O5S. The molecule has 0 radical (unpaired) electrons. The number of benzene rings is 2. The molecule has 1 fully saturated rings. The summed E-state index contributed by atoms with van der Waals surface area (Å²) in [6.45, 7) is 7.49. The Labute approximate surface area is 178 Å². The fraction of sp³-hybridized carbons (Fsp3) is 0.409. The highest BCUT2D eigenvalue weighted by Crippen LogP contribution is 2.30. The number of nitrogens with one attached hydrogen (secondary N) is 1. The summed E-state index contributed by atoms with van der Waals surface area (Å²) >= 11 is 0. The van der Waals surface area contributed by atoms with Gasteiger partial charge >= 0.3 is 0 Å². The van der Waals surface area contributed by atoms with Gasteiger partial charge in [0, 0.05) is 24.3 Å². The third-order valence-electron chi connectivity index (χ3n) is 4.93. The summed E-state index contributed by atoms with van der Waals surface area (Å²) in [5.41, 5.74) is 1.47. The Kier molecular flexibility index (Phi) is 6.99. The minimum atomic E-state index is -3.57. The lowest BCUT2D eigenvalue weighted by Gasteiger charge is -2.18. The van der Waals surface area contributed by atoms with Crippen LogP contribution >= 0.6 is 0 Å². The molecular weight excluding hydrogens is 404 g/mol. The van der Waals surface area contributed by atoms with Gasteiger partial charge in [0.1, 0.15) is 0 Å². The average molecular weight is 433 g/mol. The zero-order valence-electron chi connectivity index (χ0n) is 17.6. The summed E-state index contributed by atoms with van der Waals surface area (Å²) in [6, 6.07) is 9.91. The molecule has 7 nitrogen and oxygen atoms in total. The summed E-state index contributed by atoms with van der Waals surface area (Å²) in [6.07, 6.45) is 1.74. The van der Waals surface area contributed by atoms with E-state index >= 15 is 0 Å². The number of nitrogens with zero attached hydrogens (tertiary/aromatic N) is 1. The van der Waals surface area contributed by atoms with E-state index in [2.05, 4.69) is 5.32 Å². The highest BCUT2D eigenvalue weighted by atomic mass is 32.2. The fourth-order valence-corrected chi connectivity index (χ4v) is 5.19. The molecule has 0 aliphatic carbocycles. The van der Waals surface area contributed by atoms with Gasteiger partial charge in [0.2, 0.25) is 10.0 Å². The summed E-state index contributed by atoms with van der Waals surface area (Å²) in [5.74, 6) is 0.714. The van der Waals surface area contributed by atoms with E-state index in [1.54, 1.807) is 37.3 Å². The van der Waals surface area contributed by atoms with Crippen molar-refractivity contribution in [3.8, 4) is 11.5 Å². The molecule has 1 N–H and O–H groups in total. The van der Waals surface area contributed by atoms with Crippen LogP contribution in [0.25, 0.3) is 0 Å². The van der Waals surface area contributed by atoms with E-state index in [0.29, 0.717) is 54.6 Å². The topological polar surface area (TPSA) is 84.9 Å². The van der Waals surface area contributed by atoms with Gasteiger partial charge in [0.05, 0.1) is 18.1 Å². The van der Waals surface area contributed by atoms with Crippen LogP contribution in [0.4, 0.5) is 5.69 Å². The number of ether oxygens (including phenoxy) is 2. The molecule has 1 heterocycles. The minimum Gasteiger partial charge on any atom is -0.490 e. The van der Waals surface area contributed by atoms with E-state index in [-0.39, 0.29) is 10.8 Å². The maximum Gasteiger partial charge on any atom is 0.255 e. The quantitative estimate of drug-likeness (QED) is 0.685. The zero-order valence-corrected chi connectivity index (χ0v) is 18.4. The fourth-order valence-electron chi connectivity index (χ4n) is 3.42. The van der Waals surface area contributed by atoms with Crippen LogP contribution in [0, 0.1) is 6.92 Å². The summed E-state index contributed by atoms with van der Waals surface area (Å²) in [7, 11) is -3.57. The number of rotatable bonds is 8. The number of hydrogen-bond acceptors (Lipinski definition) is 5. The van der Waals surface area contributed by atoms with E-state index < -0.39 is 10.0 Å². The van der Waals surface area contributed by atoms with Crippen molar-refractivity contribution in [3.63, 3.8) is 0 Å². The third-order valence-corrected chi connectivity index (χ3v) is 6.98. The van der Waals surface area contributed by atoms with Crippen molar-refractivity contribution >= 4 is 21.6 Å². The van der Waals surface area contributed by atoms with Crippen molar-refractivity contribution in [3.05, 3.63) is 47.5 Å². The minimum absolute atomic E-state index is 0.226. The first-order chi connectivity index (χ1) is 14.4. The zero-order chi connectivity index (χ0) is 21.7. The normalized spacial score (nSPS) is 14.5. The van der Waals surface area contributed by atoms with Gasteiger partial charge in [-0.2, -0.15) is 4.31 Å². The number of carbonyl (C=O) groups excluding carboxylic acids is 1. The van der Waals surface area contributed by atoms with Gasteiger partial charge in [0.25, 0.3) is 5.91 Å². The van der Waals surface area contributed by atoms with Crippen molar-refractivity contribution in [2.45, 2.75) is 38.5 Å². The maximum absolute atomic E-state index is 13.0. The van der Waals surface area contributed by atoms with Gasteiger partial charge in [0.15, 0.2) is 11.5 Å². The SMILES string of the molecule is CCOc1ccc(C(=O)Nc2ccc(C)c(S(=O)(=O)N3CCCC3)c2)cc1OCC. The summed E-state index contributed by atoms with van der Waals surface area (Å²) in [4.78, 5) is 13.0. The van der Waals surface area contributed by atoms with Gasteiger partial charge in [-0.25, -0.2) is 8.42 Å². The summed E-state index contributed by atoms with van der Waals surface area (Å²) < 4.78 is 38.5. The van der Waals surface area contributed by atoms with Crippen LogP contribution in [0.5, 0.6) is 11.5 Å². The number of sulfonamides is 1. The second-order valence-corrected chi connectivity index (χ2v) is 8.98. The standard InChI is InChI=1S/C22H28N2O5S/c1-4-28-19-11-9-17(14-20(19)29-5-2)22(25)23-18-10-8-16(3)21(15-18)30(26,27)24-12-6-7-13-24/h8-11,14-15H,4-7,12-13H2,1-3H3,(H,23,25). The van der Waals surface area contributed by atoms with Crippen molar-refractivity contribution in [1.82, 2.24) is 4.31 Å². The van der Waals surface area contributed by atoms with Gasteiger partial charge in [-0.15, -0.1) is 0 Å². The van der Waals surface area contributed by atoms with Gasteiger partial charge in [-0.3, -0.25) is 4.79 Å². The van der Waals surface area contributed by atoms with E-state index in [1.165, 1.54) is 10.4 Å². The average Bonchev–Trinajstić information content (AvgIpc) is 3.27. The number of hydrogen-bond donors (Lipinski definition) is 1. The molecule has 1 aliphatic heterocycles. The Morgan fingerprint density at radius 3 is 2.33 bits per heavy atom. The number of aryl methyl sites for hydroxylation is 1. The van der Waals surface area contributed by atoms with E-state index in [1.807, 2.05) is 13.8 Å². The molecule has 30 heavy (non-hydrogen) atoms. The lowest BCUT2D eigenvalue weighted by atomic mass is 10.1. The molecule has 8 heteroatoms. The first-order valence-electron chi connectivity index (χ1n) is 10.2. The highest BCUT2D eigenvalue weighted by Gasteiger charge is 2.28. The highest BCUT2D eigenvalue weighted by molar-refractivity contribution is 7.89. The Balaban J connectivity index is 1.84. The van der Waals surface area contributed by atoms with E-state index in [4.69, 9.17) is 9.47 Å². The number of amides is 1. The lowest BCUT2D eigenvalue weighted by molar-refractivity contribution is 0.102. The van der Waals surface area contributed by atoms with Crippen molar-refractivity contribution in [1.29, 1.82) is 0 Å². The van der Waals surface area contributed by atoms with Gasteiger partial charge < -0.3 is 14.8 Å². The molecule has 1 aliphatic rings. The van der Waals surface area contributed by atoms with Crippen LogP contribution in [0.3, 0.4) is 0 Å². The molecule has 3 rings (SSSR count). The Morgan fingerprint density at radius 2 is 1.67 bits per heavy atom. The van der Waals surface area contributed by atoms with Crippen molar-refractivity contribution in [2.24, 2.45) is 0 Å². The number of anilines is 1. The lowest BCUT2D eigenvalue weighted by Crippen LogP contribution is -2.28. The predicted molar refractivity (Wildman–Crippen MR) is 116 cm³/mol. The second-order valence-electron chi connectivity index (χ2n) is 7.07. The monoisotopic (exact) mass is 432 g/mol. The molecule has 2 aromatic rings. The summed E-state index contributed by atoms with van der Waals surface area (Å²) in [5, 5.41) is 2.79. The third kappa shape index (κ3) is 4.76. The number of carbonyl (C=O) groups is 1. The first kappa shape index (κ1) is 22.1. The Hall–Kier alpha value is -2.58. The van der Waals surface area contributed by atoms with Crippen LogP contribution < -0.4 is 14.8 Å². The molecule has 162 valence electrons. The van der Waals surface area contributed by atoms with Crippen LogP contribution in [-0.4, -0.2) is 44.9 Å². The van der Waals surface area contributed by atoms with Gasteiger partial charge in [-0.05, 0) is 69.5 Å². The molecule has 0 spiro atoms. The first-order valence-corrected chi connectivity index (χ1v) is 11.6. The smallest absolute Gasteiger partial charge is 0.255 e. The molecule has 0 bridgehead atoms. The molecule has 1 saturated heterocycles. The maximum atomic E-state index is 13.0. The van der Waals surface area contributed by atoms with Crippen molar-refractivity contribution < 1.29 is 22.7 Å². The van der Waals surface area contributed by atoms with E-state index in [0.717, 1.165) is 12.8 Å². The Morgan fingerprint density at radius 1 is 1.00 bits per heavy atom. The van der Waals surface area contributed by atoms with Crippen LogP contribution in [-0.2, 0) is 10.0 Å². The second kappa shape index (κ2) is 9.49. The van der Waals surface area contributed by atoms with Crippen LogP contribution in [0.15, 0.2) is 41.3 Å². The molecule has 0 atom stereocenters. The Bertz CT molecular complexity index is 1010. The molecule has 0 saturated carbocycles. The van der Waals surface area contributed by atoms with E-state index in [9.17, 15) is 13.2 Å². The molecule has 1 amide bonds.